The molecule has 1 aromatic carbocycles. The van der Waals surface area contributed by atoms with Gasteiger partial charge in [0.2, 0.25) is 5.91 Å². The van der Waals surface area contributed by atoms with Gasteiger partial charge in [-0.1, -0.05) is 36.4 Å². The normalized spacial score (nSPS) is 23.8. The maximum absolute atomic E-state index is 12.6. The van der Waals surface area contributed by atoms with Gasteiger partial charge in [-0.05, 0) is 41.2 Å². The van der Waals surface area contributed by atoms with Gasteiger partial charge in [0.05, 0.1) is 17.4 Å². The van der Waals surface area contributed by atoms with E-state index < -0.39 is 15.8 Å². The second-order valence-corrected chi connectivity index (χ2v) is 11.3. The molecule has 4 heterocycles. The van der Waals surface area contributed by atoms with E-state index in [2.05, 4.69) is 28.8 Å². The first-order chi connectivity index (χ1) is 15.9. The first-order valence-corrected chi connectivity index (χ1v) is 13.2. The summed E-state index contributed by atoms with van der Waals surface area (Å²) >= 11 is 0. The summed E-state index contributed by atoms with van der Waals surface area (Å²) in [6, 6.07) is 7.97. The van der Waals surface area contributed by atoms with Crippen LogP contribution in [0.25, 0.3) is 0 Å². The second kappa shape index (κ2) is 8.70. The van der Waals surface area contributed by atoms with Gasteiger partial charge in [0.15, 0.2) is 9.84 Å². The van der Waals surface area contributed by atoms with Gasteiger partial charge in [-0.15, -0.1) is 0 Å². The van der Waals surface area contributed by atoms with Crippen molar-refractivity contribution in [3.63, 3.8) is 0 Å². The van der Waals surface area contributed by atoms with Crippen molar-refractivity contribution in [3.05, 3.63) is 70.6 Å². The monoisotopic (exact) mass is 468 g/mol. The molecule has 0 aromatic heterocycles. The Balaban J connectivity index is 1.15. The highest BCUT2D eigenvalue weighted by molar-refractivity contribution is 7.91. The molecule has 4 aliphatic rings. The largest absolute Gasteiger partial charge is 0.367 e. The zero-order valence-electron chi connectivity index (χ0n) is 18.4. The summed E-state index contributed by atoms with van der Waals surface area (Å²) < 4.78 is 23.4. The molecule has 0 spiro atoms. The molecule has 174 valence electrons. The molecular weight excluding hydrogens is 440 g/mol. The van der Waals surface area contributed by atoms with E-state index in [0.29, 0.717) is 45.0 Å². The minimum Gasteiger partial charge on any atom is -0.367 e. The number of hydrogen-bond acceptors (Lipinski definition) is 5. The summed E-state index contributed by atoms with van der Waals surface area (Å²) in [6.45, 7) is 2.94. The molecule has 3 amide bonds. The number of allylic oxidation sites excluding steroid dienone is 2. The number of carbonyl (C=O) groups is 2. The summed E-state index contributed by atoms with van der Waals surface area (Å²) in [4.78, 5) is 28.8. The predicted octanol–water partition coefficient (Wildman–Crippen LogP) is 1.68. The molecule has 0 aliphatic carbocycles. The second-order valence-electron chi connectivity index (χ2n) is 9.04. The Labute approximate surface area is 193 Å². The van der Waals surface area contributed by atoms with Gasteiger partial charge in [-0.25, -0.2) is 13.2 Å². The number of sulfone groups is 1. The van der Waals surface area contributed by atoms with Crippen molar-refractivity contribution >= 4 is 21.8 Å². The molecule has 9 heteroatoms. The highest BCUT2D eigenvalue weighted by atomic mass is 32.2. The molecule has 1 fully saturated rings. The molecule has 0 radical (unpaired) electrons. The third-order valence-corrected chi connectivity index (χ3v) is 8.57. The van der Waals surface area contributed by atoms with Crippen LogP contribution < -0.4 is 10.6 Å². The topological polar surface area (TPSA) is 98.8 Å². The maximum Gasteiger partial charge on any atom is 0.323 e. The van der Waals surface area contributed by atoms with Crippen LogP contribution in [0.2, 0.25) is 0 Å². The minimum atomic E-state index is -3.06. The molecule has 1 aromatic rings. The van der Waals surface area contributed by atoms with Crippen molar-refractivity contribution in [1.29, 1.82) is 0 Å². The van der Waals surface area contributed by atoms with E-state index in [-0.39, 0.29) is 23.4 Å². The first kappa shape index (κ1) is 21.8. The highest BCUT2D eigenvalue weighted by Crippen LogP contribution is 2.26. The number of nitrogens with one attached hydrogen (secondary N) is 2. The lowest BCUT2D eigenvalue weighted by Crippen LogP contribution is -2.41. The zero-order valence-corrected chi connectivity index (χ0v) is 19.2. The fourth-order valence-electron chi connectivity index (χ4n) is 4.88. The van der Waals surface area contributed by atoms with Crippen LogP contribution in [0.3, 0.4) is 0 Å². The van der Waals surface area contributed by atoms with Crippen molar-refractivity contribution in [2.75, 3.05) is 31.1 Å². The van der Waals surface area contributed by atoms with Gasteiger partial charge in [0.25, 0.3) is 0 Å². The van der Waals surface area contributed by atoms with Crippen LogP contribution in [0.15, 0.2) is 59.5 Å². The number of amides is 3. The lowest BCUT2D eigenvalue weighted by Gasteiger charge is -2.30. The van der Waals surface area contributed by atoms with Crippen LogP contribution in [0.4, 0.5) is 4.79 Å². The number of dihydropyridines is 1. The predicted molar refractivity (Wildman–Crippen MR) is 124 cm³/mol. The first-order valence-electron chi connectivity index (χ1n) is 11.3. The van der Waals surface area contributed by atoms with Crippen LogP contribution >= 0.6 is 0 Å². The van der Waals surface area contributed by atoms with E-state index in [1.807, 2.05) is 24.3 Å². The quantitative estimate of drug-likeness (QED) is 0.703. The lowest BCUT2D eigenvalue weighted by atomic mass is 9.96. The lowest BCUT2D eigenvalue weighted by molar-refractivity contribution is -0.134. The van der Waals surface area contributed by atoms with Crippen LogP contribution in [0, 0.1) is 5.92 Å². The van der Waals surface area contributed by atoms with E-state index in [1.54, 1.807) is 9.80 Å². The average Bonchev–Trinajstić information content (AvgIpc) is 3.42. The molecule has 0 saturated carbocycles. The van der Waals surface area contributed by atoms with Crippen molar-refractivity contribution in [2.24, 2.45) is 5.92 Å². The highest BCUT2D eigenvalue weighted by Gasteiger charge is 2.35. The number of rotatable bonds is 3. The van der Waals surface area contributed by atoms with Gasteiger partial charge in [0, 0.05) is 32.7 Å². The smallest absolute Gasteiger partial charge is 0.323 e. The molecule has 4 aliphatic heterocycles. The van der Waals surface area contributed by atoms with Gasteiger partial charge >= 0.3 is 6.03 Å². The average molecular weight is 469 g/mol. The van der Waals surface area contributed by atoms with Gasteiger partial charge in [-0.2, -0.15) is 0 Å². The molecule has 1 atom stereocenters. The Morgan fingerprint density at radius 1 is 1.03 bits per heavy atom. The van der Waals surface area contributed by atoms with Crippen molar-refractivity contribution in [3.8, 4) is 0 Å². The molecular formula is C24H28N4O4S. The molecule has 5 rings (SSSR count). The van der Waals surface area contributed by atoms with Gasteiger partial charge < -0.3 is 15.1 Å². The number of hydrogen-bond donors (Lipinski definition) is 2. The third-order valence-electron chi connectivity index (χ3n) is 6.81. The fraction of sp³-hybridized carbons (Fsp3) is 0.417. The van der Waals surface area contributed by atoms with Gasteiger partial charge in [0.1, 0.15) is 5.82 Å². The third kappa shape index (κ3) is 4.68. The summed E-state index contributed by atoms with van der Waals surface area (Å²) in [5.41, 5.74) is 4.69. The van der Waals surface area contributed by atoms with Crippen LogP contribution in [-0.4, -0.2) is 61.3 Å². The Kier molecular flexibility index (Phi) is 5.74. The summed E-state index contributed by atoms with van der Waals surface area (Å²) in [6.07, 6.45) is 7.11. The Morgan fingerprint density at radius 2 is 1.79 bits per heavy atom. The minimum absolute atomic E-state index is 0.0171. The molecule has 1 saturated heterocycles. The number of fused-ring (bicyclic) bond motifs is 1. The Bertz CT molecular complexity index is 1160. The van der Waals surface area contributed by atoms with E-state index in [0.717, 1.165) is 12.0 Å². The van der Waals surface area contributed by atoms with Crippen LogP contribution in [-0.2, 0) is 27.7 Å². The van der Waals surface area contributed by atoms with E-state index in [9.17, 15) is 18.0 Å². The van der Waals surface area contributed by atoms with Crippen molar-refractivity contribution < 1.29 is 18.0 Å². The molecule has 1 unspecified atom stereocenters. The SMILES string of the molecule is O=C(NC1=CC=C(C2=CCN(C(=O)C3CCS(=O)(=O)C3)CC2)CN1)N1Cc2ccccc2C1. The van der Waals surface area contributed by atoms with E-state index in [1.165, 1.54) is 16.7 Å². The zero-order chi connectivity index (χ0) is 23.0. The molecule has 2 N–H and O–H groups in total. The Hall–Kier alpha value is -3.07. The van der Waals surface area contributed by atoms with Crippen LogP contribution in [0.1, 0.15) is 24.0 Å². The van der Waals surface area contributed by atoms with E-state index in [4.69, 9.17) is 0 Å². The summed E-state index contributed by atoms with van der Waals surface area (Å²) in [5.74, 6) is 0.341. The van der Waals surface area contributed by atoms with Gasteiger partial charge in [-0.3, -0.25) is 10.1 Å². The maximum atomic E-state index is 12.6. The van der Waals surface area contributed by atoms with Crippen molar-refractivity contribution in [2.45, 2.75) is 25.9 Å². The number of carbonyl (C=O) groups excluding carboxylic acids is 2. The van der Waals surface area contributed by atoms with E-state index >= 15 is 0 Å². The number of nitrogens with zero attached hydrogens (tertiary/aromatic N) is 2. The fourth-order valence-corrected chi connectivity index (χ4v) is 6.61. The molecule has 8 nitrogen and oxygen atoms in total. The Morgan fingerprint density at radius 3 is 2.36 bits per heavy atom. The summed E-state index contributed by atoms with van der Waals surface area (Å²) in [5, 5.41) is 6.23. The molecule has 33 heavy (non-hydrogen) atoms. The molecule has 0 bridgehead atoms. The number of urea groups is 1. The standard InChI is InChI=1S/C24H28N4O4S/c29-23(21-9-12-33(31,32)16-21)27-10-7-17(8-11-27)18-5-6-22(25-13-18)26-24(30)28-14-19-3-1-2-4-20(19)15-28/h1-7,21,25H,8-16H2,(H,26,30). The summed E-state index contributed by atoms with van der Waals surface area (Å²) in [7, 11) is -3.06. The van der Waals surface area contributed by atoms with Crippen molar-refractivity contribution in [1.82, 2.24) is 20.4 Å². The van der Waals surface area contributed by atoms with Crippen LogP contribution in [0.5, 0.6) is 0 Å². The number of benzene rings is 1.